The molecule has 4 nitrogen and oxygen atoms in total. The number of hydrazine groups is 1. The van der Waals surface area contributed by atoms with Crippen LogP contribution in [0.15, 0.2) is 16.7 Å². The summed E-state index contributed by atoms with van der Waals surface area (Å²) in [6.45, 7) is 3.50. The number of thiazole rings is 1. The molecule has 0 aliphatic heterocycles. The fraction of sp³-hybridized carbons (Fsp3) is 0.364. The van der Waals surface area contributed by atoms with Crippen LogP contribution in [-0.4, -0.2) is 4.98 Å². The van der Waals surface area contributed by atoms with Crippen molar-refractivity contribution < 1.29 is 17.6 Å². The summed E-state index contributed by atoms with van der Waals surface area (Å²) in [6.07, 6.45) is -3.26. The quantitative estimate of drug-likeness (QED) is 0.674. The van der Waals surface area contributed by atoms with E-state index >= 15 is 0 Å². The van der Waals surface area contributed by atoms with Crippen LogP contribution in [-0.2, 0) is 6.18 Å². The van der Waals surface area contributed by atoms with Crippen LogP contribution in [0.5, 0.6) is 0 Å². The molecule has 0 aliphatic carbocycles. The summed E-state index contributed by atoms with van der Waals surface area (Å²) in [7, 11) is 0. The molecule has 1 unspecified atom stereocenters. The summed E-state index contributed by atoms with van der Waals surface area (Å²) >= 11 is 0.565. The highest BCUT2D eigenvalue weighted by molar-refractivity contribution is 7.11. The summed E-state index contributed by atoms with van der Waals surface area (Å²) in [6, 6.07) is 1.18. The molecule has 0 bridgehead atoms. The molecular weight excluding hydrogens is 279 g/mol. The lowest BCUT2D eigenvalue weighted by Crippen LogP contribution is -2.28. The van der Waals surface area contributed by atoms with E-state index in [4.69, 9.17) is 10.3 Å². The zero-order valence-electron chi connectivity index (χ0n) is 10.2. The minimum Gasteiger partial charge on any atom is -0.466 e. The number of hydrogen-bond acceptors (Lipinski definition) is 5. The van der Waals surface area contributed by atoms with Gasteiger partial charge in [0.05, 0.1) is 6.04 Å². The number of furan rings is 1. The molecule has 0 spiro atoms. The number of nitrogens with zero attached hydrogens (tertiary/aromatic N) is 1. The van der Waals surface area contributed by atoms with E-state index in [0.717, 1.165) is 0 Å². The maximum Gasteiger partial charge on any atom is 0.443 e. The van der Waals surface area contributed by atoms with Gasteiger partial charge in [0.25, 0.3) is 0 Å². The molecule has 1 atom stereocenters. The van der Waals surface area contributed by atoms with Gasteiger partial charge in [0, 0.05) is 16.6 Å². The maximum absolute atomic E-state index is 12.5. The molecule has 8 heteroatoms. The number of aromatic nitrogens is 1. The van der Waals surface area contributed by atoms with Gasteiger partial charge < -0.3 is 4.42 Å². The zero-order valence-corrected chi connectivity index (χ0v) is 11.0. The zero-order chi connectivity index (χ0) is 14.2. The summed E-state index contributed by atoms with van der Waals surface area (Å²) in [4.78, 5) is 3.77. The Balaban J connectivity index is 2.38. The molecule has 2 aromatic rings. The second-order valence-corrected chi connectivity index (χ2v) is 5.10. The predicted octanol–water partition coefficient (Wildman–Crippen LogP) is 2.92. The lowest BCUT2D eigenvalue weighted by Gasteiger charge is -2.12. The van der Waals surface area contributed by atoms with Crippen molar-refractivity contribution in [3.8, 4) is 0 Å². The molecule has 0 radical (unpaired) electrons. The smallest absolute Gasteiger partial charge is 0.443 e. The van der Waals surface area contributed by atoms with E-state index in [-0.39, 0.29) is 0 Å². The molecule has 104 valence electrons. The summed E-state index contributed by atoms with van der Waals surface area (Å²) in [5.74, 6) is 6.73. The SMILES string of the molecule is Cc1cc(C(NN)c2cnc(C(F)(F)F)s2)c(C)o1. The lowest BCUT2D eigenvalue weighted by atomic mass is 10.1. The summed E-state index contributed by atoms with van der Waals surface area (Å²) in [5.41, 5.74) is 3.20. The first-order valence-corrected chi connectivity index (χ1v) is 6.20. The van der Waals surface area contributed by atoms with E-state index in [0.29, 0.717) is 33.3 Å². The second kappa shape index (κ2) is 4.95. The van der Waals surface area contributed by atoms with Crippen LogP contribution in [0.4, 0.5) is 13.2 Å². The summed E-state index contributed by atoms with van der Waals surface area (Å²) < 4.78 is 43.0. The van der Waals surface area contributed by atoms with Gasteiger partial charge >= 0.3 is 6.18 Å². The lowest BCUT2D eigenvalue weighted by molar-refractivity contribution is -0.137. The topological polar surface area (TPSA) is 64.1 Å². The molecule has 2 heterocycles. The van der Waals surface area contributed by atoms with Gasteiger partial charge in [-0.1, -0.05) is 0 Å². The van der Waals surface area contributed by atoms with Gasteiger partial charge in [-0.2, -0.15) is 13.2 Å². The Hall–Kier alpha value is -1.38. The van der Waals surface area contributed by atoms with Crippen LogP contribution in [0.1, 0.15) is 33.0 Å². The third-order valence-corrected chi connectivity index (χ3v) is 3.71. The van der Waals surface area contributed by atoms with Gasteiger partial charge in [0.2, 0.25) is 0 Å². The molecular formula is C11H12F3N3OS. The van der Waals surface area contributed by atoms with E-state index < -0.39 is 17.2 Å². The van der Waals surface area contributed by atoms with Crippen LogP contribution in [0, 0.1) is 13.8 Å². The largest absolute Gasteiger partial charge is 0.466 e. The monoisotopic (exact) mass is 291 g/mol. The third kappa shape index (κ3) is 2.80. The molecule has 0 fully saturated rings. The van der Waals surface area contributed by atoms with Gasteiger partial charge in [0.1, 0.15) is 11.5 Å². The van der Waals surface area contributed by atoms with Crippen molar-refractivity contribution in [3.05, 3.63) is 39.2 Å². The Morgan fingerprint density at radius 2 is 2.11 bits per heavy atom. The van der Waals surface area contributed by atoms with E-state index in [9.17, 15) is 13.2 Å². The molecule has 0 aliphatic rings. The van der Waals surface area contributed by atoms with Crippen LogP contribution in [0.25, 0.3) is 0 Å². The second-order valence-electron chi connectivity index (χ2n) is 4.03. The van der Waals surface area contributed by atoms with Gasteiger partial charge in [-0.3, -0.25) is 5.84 Å². The number of nitrogens with one attached hydrogen (secondary N) is 1. The highest BCUT2D eigenvalue weighted by atomic mass is 32.1. The van der Waals surface area contributed by atoms with Crippen molar-refractivity contribution in [3.63, 3.8) is 0 Å². The first-order chi connectivity index (χ1) is 8.82. The first-order valence-electron chi connectivity index (χ1n) is 5.39. The fourth-order valence-electron chi connectivity index (χ4n) is 1.81. The highest BCUT2D eigenvalue weighted by Gasteiger charge is 2.35. The number of rotatable bonds is 3. The predicted molar refractivity (Wildman–Crippen MR) is 64.5 cm³/mol. The molecule has 3 N–H and O–H groups in total. The van der Waals surface area contributed by atoms with Crippen molar-refractivity contribution in [1.82, 2.24) is 10.4 Å². The van der Waals surface area contributed by atoms with Gasteiger partial charge in [-0.15, -0.1) is 11.3 Å². The summed E-state index contributed by atoms with van der Waals surface area (Å²) in [5, 5.41) is -0.888. The molecule has 0 aromatic carbocycles. The number of nitrogens with two attached hydrogens (primary N) is 1. The van der Waals surface area contributed by atoms with E-state index in [2.05, 4.69) is 10.4 Å². The van der Waals surface area contributed by atoms with Crippen LogP contribution in [0.2, 0.25) is 0 Å². The number of alkyl halides is 3. The molecule has 0 amide bonds. The highest BCUT2D eigenvalue weighted by Crippen LogP contribution is 2.36. The van der Waals surface area contributed by atoms with Crippen LogP contribution < -0.4 is 11.3 Å². The van der Waals surface area contributed by atoms with Crippen molar-refractivity contribution in [2.45, 2.75) is 26.1 Å². The molecule has 0 saturated carbocycles. The Morgan fingerprint density at radius 1 is 1.42 bits per heavy atom. The Bertz CT molecular complexity index is 576. The average Bonchev–Trinajstić information content (AvgIpc) is 2.87. The van der Waals surface area contributed by atoms with Gasteiger partial charge in [0.15, 0.2) is 5.01 Å². The minimum atomic E-state index is -4.44. The number of aryl methyl sites for hydroxylation is 2. The van der Waals surface area contributed by atoms with Crippen molar-refractivity contribution in [2.75, 3.05) is 0 Å². The Morgan fingerprint density at radius 3 is 2.53 bits per heavy atom. The first kappa shape index (κ1) is 14.0. The van der Waals surface area contributed by atoms with Gasteiger partial charge in [-0.25, -0.2) is 10.4 Å². The molecule has 19 heavy (non-hydrogen) atoms. The van der Waals surface area contributed by atoms with E-state index in [1.807, 2.05) is 0 Å². The molecule has 2 rings (SSSR count). The Labute approximate surface area is 111 Å². The number of halogens is 3. The van der Waals surface area contributed by atoms with Crippen molar-refractivity contribution in [2.24, 2.45) is 5.84 Å². The van der Waals surface area contributed by atoms with Gasteiger partial charge in [-0.05, 0) is 19.9 Å². The van der Waals surface area contributed by atoms with E-state index in [1.165, 1.54) is 6.20 Å². The average molecular weight is 291 g/mol. The standard InChI is InChI=1S/C11H12F3N3OS/c1-5-3-7(6(2)18-5)9(17-15)8-4-16-10(19-8)11(12,13)14/h3-4,9,17H,15H2,1-2H3. The normalized spacial score (nSPS) is 13.8. The van der Waals surface area contributed by atoms with Crippen LogP contribution >= 0.6 is 11.3 Å². The van der Waals surface area contributed by atoms with E-state index in [1.54, 1.807) is 19.9 Å². The minimum absolute atomic E-state index is 0.388. The fourth-order valence-corrected chi connectivity index (χ4v) is 2.68. The molecule has 2 aromatic heterocycles. The third-order valence-electron chi connectivity index (χ3n) is 2.61. The van der Waals surface area contributed by atoms with Crippen LogP contribution in [0.3, 0.4) is 0 Å². The maximum atomic E-state index is 12.5. The molecule has 0 saturated heterocycles. The number of hydrogen-bond donors (Lipinski definition) is 2. The van der Waals surface area contributed by atoms with Crippen molar-refractivity contribution >= 4 is 11.3 Å². The Kier molecular flexibility index (Phi) is 3.66. The van der Waals surface area contributed by atoms with Crippen molar-refractivity contribution in [1.29, 1.82) is 0 Å².